The van der Waals surface area contributed by atoms with Crippen LogP contribution >= 0.6 is 0 Å². The SMILES string of the molecule is COc1cc(-c2ccc(O)c(C)n2)cc(OC)c1OC. The van der Waals surface area contributed by atoms with Gasteiger partial charge in [0.05, 0.1) is 32.7 Å². The van der Waals surface area contributed by atoms with Crippen LogP contribution in [0.1, 0.15) is 5.69 Å². The highest BCUT2D eigenvalue weighted by Gasteiger charge is 2.15. The van der Waals surface area contributed by atoms with E-state index < -0.39 is 0 Å². The molecule has 5 nitrogen and oxygen atoms in total. The third kappa shape index (κ3) is 2.47. The van der Waals surface area contributed by atoms with Crippen molar-refractivity contribution in [3.8, 4) is 34.3 Å². The molecule has 5 heteroatoms. The van der Waals surface area contributed by atoms with Crippen molar-refractivity contribution in [3.63, 3.8) is 0 Å². The first kappa shape index (κ1) is 14.0. The highest BCUT2D eigenvalue weighted by molar-refractivity contribution is 5.69. The zero-order valence-electron chi connectivity index (χ0n) is 11.9. The molecule has 2 aromatic rings. The maximum absolute atomic E-state index is 9.54. The van der Waals surface area contributed by atoms with Gasteiger partial charge in [-0.2, -0.15) is 0 Å². The van der Waals surface area contributed by atoms with Crippen molar-refractivity contribution in [3.05, 3.63) is 30.0 Å². The van der Waals surface area contributed by atoms with Gasteiger partial charge < -0.3 is 19.3 Å². The fraction of sp³-hybridized carbons (Fsp3) is 0.267. The smallest absolute Gasteiger partial charge is 0.203 e. The van der Waals surface area contributed by atoms with Gasteiger partial charge in [-0.05, 0) is 31.2 Å². The minimum atomic E-state index is 0.168. The Morgan fingerprint density at radius 1 is 0.950 bits per heavy atom. The highest BCUT2D eigenvalue weighted by atomic mass is 16.5. The molecule has 0 aliphatic rings. The normalized spacial score (nSPS) is 10.2. The van der Waals surface area contributed by atoms with Gasteiger partial charge in [0.2, 0.25) is 5.75 Å². The molecule has 0 bridgehead atoms. The topological polar surface area (TPSA) is 60.8 Å². The Kier molecular flexibility index (Phi) is 3.98. The lowest BCUT2D eigenvalue weighted by Gasteiger charge is -2.14. The second kappa shape index (κ2) is 5.69. The number of nitrogens with zero attached hydrogens (tertiary/aromatic N) is 1. The van der Waals surface area contributed by atoms with Gasteiger partial charge in [0, 0.05) is 5.56 Å². The lowest BCUT2D eigenvalue weighted by atomic mass is 10.1. The molecule has 1 aromatic heterocycles. The van der Waals surface area contributed by atoms with Gasteiger partial charge in [0.25, 0.3) is 0 Å². The predicted octanol–water partition coefficient (Wildman–Crippen LogP) is 2.79. The van der Waals surface area contributed by atoms with Crippen LogP contribution < -0.4 is 14.2 Å². The first-order valence-electron chi connectivity index (χ1n) is 6.07. The van der Waals surface area contributed by atoms with E-state index >= 15 is 0 Å². The number of aryl methyl sites for hydroxylation is 1. The molecule has 0 saturated carbocycles. The van der Waals surface area contributed by atoms with Gasteiger partial charge in [-0.25, -0.2) is 4.98 Å². The van der Waals surface area contributed by atoms with Gasteiger partial charge >= 0.3 is 0 Å². The number of hydrogen-bond donors (Lipinski definition) is 1. The molecule has 0 saturated heterocycles. The van der Waals surface area contributed by atoms with Crippen molar-refractivity contribution in [2.45, 2.75) is 6.92 Å². The first-order valence-corrected chi connectivity index (χ1v) is 6.07. The second-order valence-corrected chi connectivity index (χ2v) is 4.22. The zero-order valence-corrected chi connectivity index (χ0v) is 11.9. The average molecular weight is 275 g/mol. The first-order chi connectivity index (χ1) is 9.60. The Labute approximate surface area is 117 Å². The summed E-state index contributed by atoms with van der Waals surface area (Å²) >= 11 is 0. The van der Waals surface area contributed by atoms with Crippen molar-refractivity contribution in [1.82, 2.24) is 4.98 Å². The molecule has 0 unspecified atom stereocenters. The monoisotopic (exact) mass is 275 g/mol. The van der Waals surface area contributed by atoms with Crippen LogP contribution in [-0.4, -0.2) is 31.4 Å². The molecule has 2 rings (SSSR count). The Morgan fingerprint density at radius 2 is 1.55 bits per heavy atom. The third-order valence-electron chi connectivity index (χ3n) is 3.02. The Balaban J connectivity index is 2.59. The summed E-state index contributed by atoms with van der Waals surface area (Å²) in [6.45, 7) is 1.75. The second-order valence-electron chi connectivity index (χ2n) is 4.22. The van der Waals surface area contributed by atoms with Crippen LogP contribution in [0, 0.1) is 6.92 Å². The summed E-state index contributed by atoms with van der Waals surface area (Å²) in [5.74, 6) is 1.83. The summed E-state index contributed by atoms with van der Waals surface area (Å²) in [6.07, 6.45) is 0. The summed E-state index contributed by atoms with van der Waals surface area (Å²) in [7, 11) is 4.69. The van der Waals surface area contributed by atoms with E-state index in [9.17, 15) is 5.11 Å². The lowest BCUT2D eigenvalue weighted by molar-refractivity contribution is 0.324. The van der Waals surface area contributed by atoms with E-state index in [4.69, 9.17) is 14.2 Å². The van der Waals surface area contributed by atoms with Crippen LogP contribution in [0.3, 0.4) is 0 Å². The number of aromatic hydroxyl groups is 1. The molecule has 20 heavy (non-hydrogen) atoms. The molecule has 0 fully saturated rings. The summed E-state index contributed by atoms with van der Waals surface area (Å²) in [6, 6.07) is 6.99. The van der Waals surface area contributed by atoms with Gasteiger partial charge in [-0.15, -0.1) is 0 Å². The summed E-state index contributed by atoms with van der Waals surface area (Å²) in [5.41, 5.74) is 2.11. The fourth-order valence-electron chi connectivity index (χ4n) is 1.94. The van der Waals surface area contributed by atoms with Crippen LogP contribution in [0.5, 0.6) is 23.0 Å². The van der Waals surface area contributed by atoms with Crippen molar-refractivity contribution in [1.29, 1.82) is 0 Å². The maximum atomic E-state index is 9.54. The van der Waals surface area contributed by atoms with Gasteiger partial charge in [0.15, 0.2) is 11.5 Å². The lowest BCUT2D eigenvalue weighted by Crippen LogP contribution is -1.96. The standard InChI is InChI=1S/C15H17NO4/c1-9-12(17)6-5-11(16-9)10-7-13(18-2)15(20-4)14(8-10)19-3/h5-8,17H,1-4H3. The Morgan fingerprint density at radius 3 is 2.00 bits per heavy atom. The van der Waals surface area contributed by atoms with E-state index in [1.807, 2.05) is 12.1 Å². The van der Waals surface area contributed by atoms with Gasteiger partial charge in [0.1, 0.15) is 5.75 Å². The number of methoxy groups -OCH3 is 3. The minimum Gasteiger partial charge on any atom is -0.506 e. The van der Waals surface area contributed by atoms with E-state index in [1.54, 1.807) is 40.4 Å². The molecule has 0 aliphatic carbocycles. The molecule has 0 atom stereocenters. The number of hydrogen-bond acceptors (Lipinski definition) is 5. The molecule has 1 aromatic carbocycles. The minimum absolute atomic E-state index is 0.168. The van der Waals surface area contributed by atoms with E-state index in [0.29, 0.717) is 22.9 Å². The van der Waals surface area contributed by atoms with Crippen molar-refractivity contribution in [2.24, 2.45) is 0 Å². The Bertz CT molecular complexity index is 600. The number of aromatic nitrogens is 1. The number of rotatable bonds is 4. The van der Waals surface area contributed by atoms with E-state index in [2.05, 4.69) is 4.98 Å². The molecule has 0 aliphatic heterocycles. The van der Waals surface area contributed by atoms with Crippen molar-refractivity contribution < 1.29 is 19.3 Å². The van der Waals surface area contributed by atoms with E-state index in [1.165, 1.54) is 0 Å². The summed E-state index contributed by atoms with van der Waals surface area (Å²) in [5, 5.41) is 9.54. The van der Waals surface area contributed by atoms with Gasteiger partial charge in [-0.3, -0.25) is 0 Å². The third-order valence-corrected chi connectivity index (χ3v) is 3.02. The van der Waals surface area contributed by atoms with Crippen molar-refractivity contribution >= 4 is 0 Å². The number of pyridine rings is 1. The summed E-state index contributed by atoms with van der Waals surface area (Å²) in [4.78, 5) is 4.35. The van der Waals surface area contributed by atoms with Gasteiger partial charge in [-0.1, -0.05) is 0 Å². The molecule has 0 radical (unpaired) electrons. The molecule has 106 valence electrons. The number of benzene rings is 1. The summed E-state index contributed by atoms with van der Waals surface area (Å²) < 4.78 is 15.9. The quantitative estimate of drug-likeness (QED) is 0.929. The van der Waals surface area contributed by atoms with Crippen LogP contribution in [0.25, 0.3) is 11.3 Å². The van der Waals surface area contributed by atoms with E-state index in [-0.39, 0.29) is 5.75 Å². The van der Waals surface area contributed by atoms with E-state index in [0.717, 1.165) is 11.3 Å². The zero-order chi connectivity index (χ0) is 14.7. The molecule has 1 N–H and O–H groups in total. The van der Waals surface area contributed by atoms with Crippen molar-refractivity contribution in [2.75, 3.05) is 21.3 Å². The van der Waals surface area contributed by atoms with Crippen LogP contribution in [-0.2, 0) is 0 Å². The predicted molar refractivity (Wildman–Crippen MR) is 75.7 cm³/mol. The molecule has 0 amide bonds. The van der Waals surface area contributed by atoms with Crippen LogP contribution in [0.15, 0.2) is 24.3 Å². The largest absolute Gasteiger partial charge is 0.506 e. The molecular weight excluding hydrogens is 258 g/mol. The molecule has 0 spiro atoms. The maximum Gasteiger partial charge on any atom is 0.203 e. The number of ether oxygens (including phenoxy) is 3. The molecule has 1 heterocycles. The molecular formula is C15H17NO4. The average Bonchev–Trinajstić information content (AvgIpc) is 2.48. The fourth-order valence-corrected chi connectivity index (χ4v) is 1.94. The highest BCUT2D eigenvalue weighted by Crippen LogP contribution is 2.41. The van der Waals surface area contributed by atoms with Crippen LogP contribution in [0.2, 0.25) is 0 Å². The van der Waals surface area contributed by atoms with Crippen LogP contribution in [0.4, 0.5) is 0 Å². The Hall–Kier alpha value is -2.43.